The van der Waals surface area contributed by atoms with Gasteiger partial charge in [0.2, 0.25) is 21.8 Å². The van der Waals surface area contributed by atoms with Gasteiger partial charge in [0.15, 0.2) is 0 Å². The van der Waals surface area contributed by atoms with Crippen molar-refractivity contribution in [2.75, 3.05) is 30.8 Å². The van der Waals surface area contributed by atoms with Gasteiger partial charge in [-0.2, -0.15) is 0 Å². The molecular weight excluding hydrogens is 478 g/mol. The Morgan fingerprint density at radius 1 is 1.03 bits per heavy atom. The number of hydrogen-bond donors (Lipinski definition) is 1. The van der Waals surface area contributed by atoms with Crippen LogP contribution in [0.2, 0.25) is 0 Å². The summed E-state index contributed by atoms with van der Waals surface area (Å²) in [5.41, 5.74) is 1.39. The summed E-state index contributed by atoms with van der Waals surface area (Å²) in [6.45, 7) is 1.60. The Morgan fingerprint density at radius 2 is 1.67 bits per heavy atom. The first-order valence-corrected chi connectivity index (χ1v) is 14.3. The molecule has 3 rings (SSSR count). The summed E-state index contributed by atoms with van der Waals surface area (Å²) in [5.74, 6) is -0.0619. The van der Waals surface area contributed by atoms with Crippen molar-refractivity contribution in [2.24, 2.45) is 0 Å². The highest BCUT2D eigenvalue weighted by Crippen LogP contribution is 2.22. The molecule has 0 heterocycles. The number of amides is 2. The number of nitrogens with one attached hydrogen (secondary N) is 1. The van der Waals surface area contributed by atoms with Crippen LogP contribution in [0.25, 0.3) is 0 Å². The lowest BCUT2D eigenvalue weighted by atomic mass is 9.95. The van der Waals surface area contributed by atoms with Gasteiger partial charge in [0.05, 0.1) is 19.1 Å². The van der Waals surface area contributed by atoms with E-state index in [9.17, 15) is 18.0 Å². The van der Waals surface area contributed by atoms with Crippen LogP contribution in [0.15, 0.2) is 54.6 Å². The summed E-state index contributed by atoms with van der Waals surface area (Å²) in [6, 6.07) is 15.6. The first-order valence-electron chi connectivity index (χ1n) is 12.4. The molecule has 1 unspecified atom stereocenters. The van der Waals surface area contributed by atoms with Gasteiger partial charge >= 0.3 is 0 Å². The first kappa shape index (κ1) is 27.5. The maximum atomic E-state index is 13.6. The smallest absolute Gasteiger partial charge is 0.244 e. The van der Waals surface area contributed by atoms with Gasteiger partial charge in [0.1, 0.15) is 18.3 Å². The predicted octanol–water partition coefficient (Wildman–Crippen LogP) is 3.37. The highest BCUT2D eigenvalue weighted by atomic mass is 32.2. The number of benzene rings is 2. The van der Waals surface area contributed by atoms with Crippen molar-refractivity contribution in [3.05, 3.63) is 60.2 Å². The lowest BCUT2D eigenvalue weighted by Gasteiger charge is -2.33. The fraction of sp³-hybridized carbons (Fsp3) is 0.481. The highest BCUT2D eigenvalue weighted by molar-refractivity contribution is 7.92. The van der Waals surface area contributed by atoms with E-state index in [-0.39, 0.29) is 11.9 Å². The van der Waals surface area contributed by atoms with E-state index in [1.807, 2.05) is 30.3 Å². The van der Waals surface area contributed by atoms with E-state index < -0.39 is 28.5 Å². The predicted molar refractivity (Wildman–Crippen MR) is 142 cm³/mol. The van der Waals surface area contributed by atoms with Gasteiger partial charge in [-0.05, 0) is 56.0 Å². The van der Waals surface area contributed by atoms with E-state index in [0.29, 0.717) is 24.4 Å². The molecular formula is C27H37N3O5S. The number of carbonyl (C=O) groups is 2. The van der Waals surface area contributed by atoms with E-state index in [1.54, 1.807) is 31.2 Å². The molecule has 1 atom stereocenters. The van der Waals surface area contributed by atoms with Gasteiger partial charge < -0.3 is 15.0 Å². The topological polar surface area (TPSA) is 96.0 Å². The molecule has 36 heavy (non-hydrogen) atoms. The van der Waals surface area contributed by atoms with Crippen LogP contribution in [-0.2, 0) is 26.0 Å². The van der Waals surface area contributed by atoms with Crippen molar-refractivity contribution in [2.45, 2.75) is 57.5 Å². The molecule has 2 amide bonds. The number of ether oxygens (including phenoxy) is 1. The van der Waals surface area contributed by atoms with Crippen molar-refractivity contribution in [1.82, 2.24) is 10.2 Å². The van der Waals surface area contributed by atoms with Crippen molar-refractivity contribution in [1.29, 1.82) is 0 Å². The molecule has 1 aliphatic carbocycles. The number of rotatable bonds is 11. The molecule has 8 nitrogen and oxygen atoms in total. The molecule has 1 fully saturated rings. The normalized spacial score (nSPS) is 15.1. The summed E-state index contributed by atoms with van der Waals surface area (Å²) in [4.78, 5) is 28.2. The van der Waals surface area contributed by atoms with Crippen LogP contribution in [-0.4, -0.2) is 63.7 Å². The minimum Gasteiger partial charge on any atom is -0.497 e. The Balaban J connectivity index is 1.80. The second-order valence-electron chi connectivity index (χ2n) is 9.31. The van der Waals surface area contributed by atoms with Crippen LogP contribution >= 0.6 is 0 Å². The molecule has 0 spiro atoms. The van der Waals surface area contributed by atoms with E-state index in [2.05, 4.69) is 5.32 Å². The summed E-state index contributed by atoms with van der Waals surface area (Å²) in [7, 11) is -2.23. The third-order valence-corrected chi connectivity index (χ3v) is 7.78. The van der Waals surface area contributed by atoms with Gasteiger partial charge in [-0.15, -0.1) is 0 Å². The third-order valence-electron chi connectivity index (χ3n) is 6.64. The minimum absolute atomic E-state index is 0.117. The summed E-state index contributed by atoms with van der Waals surface area (Å²) in [5, 5.41) is 3.10. The van der Waals surface area contributed by atoms with Crippen LogP contribution in [0.4, 0.5) is 5.69 Å². The zero-order chi connectivity index (χ0) is 26.1. The number of sulfonamides is 1. The van der Waals surface area contributed by atoms with Gasteiger partial charge in [-0.3, -0.25) is 13.9 Å². The Morgan fingerprint density at radius 3 is 2.25 bits per heavy atom. The molecule has 9 heteroatoms. The third kappa shape index (κ3) is 7.71. The Bertz CT molecular complexity index is 1100. The fourth-order valence-electron chi connectivity index (χ4n) is 4.50. The van der Waals surface area contributed by atoms with Crippen LogP contribution in [0.1, 0.15) is 44.6 Å². The number of nitrogens with zero attached hydrogens (tertiary/aromatic N) is 2. The molecule has 2 aromatic carbocycles. The maximum Gasteiger partial charge on any atom is 0.244 e. The summed E-state index contributed by atoms with van der Waals surface area (Å²) < 4.78 is 31.5. The average Bonchev–Trinajstić information content (AvgIpc) is 2.88. The number of hydrogen-bond acceptors (Lipinski definition) is 5. The summed E-state index contributed by atoms with van der Waals surface area (Å²) >= 11 is 0. The van der Waals surface area contributed by atoms with Crippen LogP contribution < -0.4 is 14.4 Å². The van der Waals surface area contributed by atoms with E-state index in [0.717, 1.165) is 41.8 Å². The molecule has 0 saturated heterocycles. The molecule has 1 saturated carbocycles. The van der Waals surface area contributed by atoms with E-state index in [4.69, 9.17) is 4.74 Å². The SMILES string of the molecule is COc1ccc(N(CC(=O)N(CCc2ccccc2)C(C)C(=O)NC2CCCCC2)S(C)(=O)=O)cc1. The standard InChI is InChI=1S/C27H37N3O5S/c1-21(27(32)28-23-12-8-5-9-13-23)29(19-18-22-10-6-4-7-11-22)26(31)20-30(36(3,33)34)24-14-16-25(35-2)17-15-24/h4,6-7,10-11,14-17,21,23H,5,8-9,12-13,18-20H2,1-3H3,(H,28,32). The number of methoxy groups -OCH3 is 1. The second-order valence-corrected chi connectivity index (χ2v) is 11.2. The lowest BCUT2D eigenvalue weighted by molar-refractivity contribution is -0.139. The van der Waals surface area contributed by atoms with Crippen molar-refractivity contribution in [3.8, 4) is 5.75 Å². The van der Waals surface area contributed by atoms with Gasteiger partial charge in [-0.1, -0.05) is 49.6 Å². The quantitative estimate of drug-likeness (QED) is 0.495. The molecule has 0 aliphatic heterocycles. The van der Waals surface area contributed by atoms with Gasteiger partial charge in [0.25, 0.3) is 0 Å². The van der Waals surface area contributed by atoms with Gasteiger partial charge in [-0.25, -0.2) is 8.42 Å². The molecule has 1 N–H and O–H groups in total. The molecule has 0 aromatic heterocycles. The minimum atomic E-state index is -3.76. The Hall–Kier alpha value is -3.07. The molecule has 1 aliphatic rings. The van der Waals surface area contributed by atoms with Crippen LogP contribution in [0, 0.1) is 0 Å². The lowest BCUT2D eigenvalue weighted by Crippen LogP contribution is -2.53. The molecule has 0 bridgehead atoms. The zero-order valence-corrected chi connectivity index (χ0v) is 22.2. The summed E-state index contributed by atoms with van der Waals surface area (Å²) in [6.07, 6.45) is 6.84. The highest BCUT2D eigenvalue weighted by Gasteiger charge is 2.30. The van der Waals surface area contributed by atoms with E-state index in [1.165, 1.54) is 18.4 Å². The number of anilines is 1. The van der Waals surface area contributed by atoms with Gasteiger partial charge in [0, 0.05) is 12.6 Å². The second kappa shape index (κ2) is 12.8. The van der Waals surface area contributed by atoms with Crippen molar-refractivity contribution >= 4 is 27.5 Å². The monoisotopic (exact) mass is 515 g/mol. The first-order chi connectivity index (χ1) is 17.2. The zero-order valence-electron chi connectivity index (χ0n) is 21.4. The van der Waals surface area contributed by atoms with Crippen LogP contribution in [0.3, 0.4) is 0 Å². The average molecular weight is 516 g/mol. The number of carbonyl (C=O) groups excluding carboxylic acids is 2. The van der Waals surface area contributed by atoms with Crippen LogP contribution in [0.5, 0.6) is 5.75 Å². The molecule has 0 radical (unpaired) electrons. The van der Waals surface area contributed by atoms with Crippen molar-refractivity contribution in [3.63, 3.8) is 0 Å². The molecule has 196 valence electrons. The molecule has 2 aromatic rings. The van der Waals surface area contributed by atoms with E-state index >= 15 is 0 Å². The van der Waals surface area contributed by atoms with Crippen molar-refractivity contribution < 1.29 is 22.7 Å². The Labute approximate surface area is 214 Å². The fourth-order valence-corrected chi connectivity index (χ4v) is 5.35. The Kier molecular flexibility index (Phi) is 9.75. The largest absolute Gasteiger partial charge is 0.497 e. The maximum absolute atomic E-state index is 13.6.